The minimum atomic E-state index is -1.16. The summed E-state index contributed by atoms with van der Waals surface area (Å²) in [4.78, 5) is 28.9. The average Bonchev–Trinajstić information content (AvgIpc) is 2.48. The van der Waals surface area contributed by atoms with E-state index in [9.17, 15) is 29.7 Å². The minimum Gasteiger partial charge on any atom is -0.545 e. The van der Waals surface area contributed by atoms with Gasteiger partial charge >= 0.3 is 17.1 Å². The van der Waals surface area contributed by atoms with Crippen molar-refractivity contribution in [1.82, 2.24) is 0 Å². The third-order valence-corrected chi connectivity index (χ3v) is 1.61. The number of carboxylic acids is 3. The first-order valence-corrected chi connectivity index (χ1v) is 6.82. The van der Waals surface area contributed by atoms with Crippen LogP contribution in [0.3, 0.4) is 0 Å². The molecule has 0 bridgehead atoms. The maximum Gasteiger partial charge on any atom is 3.00 e. The molecule has 0 unspecified atom stereocenters. The van der Waals surface area contributed by atoms with E-state index < -0.39 is 17.9 Å². The van der Waals surface area contributed by atoms with Crippen LogP contribution in [-0.4, -0.2) is 17.9 Å². The van der Waals surface area contributed by atoms with Crippen LogP contribution in [0.25, 0.3) is 0 Å². The van der Waals surface area contributed by atoms with E-state index in [1.165, 1.54) is 18.2 Å². The van der Waals surface area contributed by atoms with Crippen molar-refractivity contribution in [3.8, 4) is 0 Å². The summed E-state index contributed by atoms with van der Waals surface area (Å²) in [5.41, 5.74) is 0. The second kappa shape index (κ2) is 26.3. The van der Waals surface area contributed by atoms with Gasteiger partial charge in [-0.3, -0.25) is 0 Å². The predicted octanol–water partition coefficient (Wildman–Crippen LogP) is -0.397. The summed E-state index contributed by atoms with van der Waals surface area (Å²) < 4.78 is 0. The summed E-state index contributed by atoms with van der Waals surface area (Å²) >= 11 is 0. The number of carbonyl (C=O) groups excluding carboxylic acids is 3. The Labute approximate surface area is 158 Å². The largest absolute Gasteiger partial charge is 3.00 e. The third-order valence-electron chi connectivity index (χ3n) is 1.61. The number of aliphatic carboxylic acids is 3. The number of hydrogen-bond acceptors (Lipinski definition) is 6. The third kappa shape index (κ3) is 52.4. The van der Waals surface area contributed by atoms with Crippen molar-refractivity contribution >= 4 is 17.9 Å². The molecule has 25 heavy (non-hydrogen) atoms. The van der Waals surface area contributed by atoms with Crippen LogP contribution in [0, 0.1) is 0 Å². The van der Waals surface area contributed by atoms with Gasteiger partial charge in [-0.1, -0.05) is 54.7 Å². The molecule has 0 rings (SSSR count). The van der Waals surface area contributed by atoms with Crippen molar-refractivity contribution in [1.29, 1.82) is 0 Å². The molecule has 7 heteroatoms. The molecule has 0 saturated carbocycles. The number of rotatable bonds is 6. The first-order valence-electron chi connectivity index (χ1n) is 6.82. The molecule has 0 aromatic rings. The standard InChI is InChI=1S/3C6H8O2.Fe/c3*1-2-3-4-5-6(7)8;/h3*2-5H,1H3,(H,7,8);/q;;;+3/p-3. The SMILES string of the molecule is CC=CC=CC(=O)[O-].CC=CC=CC(=O)[O-].CC=CC=CC(=O)[O-].[Fe+3]. The Morgan fingerprint density at radius 3 is 0.840 bits per heavy atom. The summed E-state index contributed by atoms with van der Waals surface area (Å²) in [5.74, 6) is -3.49. The topological polar surface area (TPSA) is 120 Å². The quantitative estimate of drug-likeness (QED) is 0.346. The molecule has 0 aliphatic heterocycles. The predicted molar refractivity (Wildman–Crippen MR) is 86.9 cm³/mol. The van der Waals surface area contributed by atoms with Crippen LogP contribution in [-0.2, 0) is 31.5 Å². The van der Waals surface area contributed by atoms with Gasteiger partial charge in [0.2, 0.25) is 0 Å². The van der Waals surface area contributed by atoms with Gasteiger partial charge in [0.1, 0.15) is 0 Å². The molecule has 6 nitrogen and oxygen atoms in total. The molecule has 0 spiro atoms. The van der Waals surface area contributed by atoms with Gasteiger partial charge in [0, 0.05) is 0 Å². The molecule has 0 heterocycles. The van der Waals surface area contributed by atoms with Crippen LogP contribution < -0.4 is 15.3 Å². The Hall–Kier alpha value is -2.63. The molecule has 0 aromatic heterocycles. The van der Waals surface area contributed by atoms with Gasteiger partial charge in [-0.05, 0) is 39.0 Å². The number of carbonyl (C=O) groups is 3. The van der Waals surface area contributed by atoms with Crippen LogP contribution in [0.2, 0.25) is 0 Å². The number of allylic oxidation sites excluding steroid dienone is 9. The van der Waals surface area contributed by atoms with Gasteiger partial charge in [-0.2, -0.15) is 0 Å². The summed E-state index contributed by atoms with van der Waals surface area (Å²) in [7, 11) is 0. The molecule has 0 N–H and O–H groups in total. The van der Waals surface area contributed by atoms with Crippen molar-refractivity contribution in [3.63, 3.8) is 0 Å². The fourth-order valence-electron chi connectivity index (χ4n) is 0.736. The van der Waals surface area contributed by atoms with Crippen LogP contribution in [0.1, 0.15) is 20.8 Å². The minimum absolute atomic E-state index is 0. The molecule has 0 aliphatic carbocycles. The molecule has 0 atom stereocenters. The van der Waals surface area contributed by atoms with E-state index in [1.807, 2.05) is 0 Å². The number of carboxylic acid groups (broad SMARTS) is 3. The normalized spacial score (nSPS) is 10.7. The van der Waals surface area contributed by atoms with Crippen molar-refractivity contribution < 1.29 is 46.8 Å². The van der Waals surface area contributed by atoms with Crippen LogP contribution in [0.15, 0.2) is 72.9 Å². The second-order valence-electron chi connectivity index (χ2n) is 3.61. The van der Waals surface area contributed by atoms with Gasteiger partial charge in [0.05, 0.1) is 17.9 Å². The Kier molecular flexibility index (Phi) is 31.8. The van der Waals surface area contributed by atoms with Crippen molar-refractivity contribution in [2.75, 3.05) is 0 Å². The van der Waals surface area contributed by atoms with Gasteiger partial charge in [0.15, 0.2) is 0 Å². The monoisotopic (exact) mass is 389 g/mol. The van der Waals surface area contributed by atoms with E-state index in [-0.39, 0.29) is 17.1 Å². The van der Waals surface area contributed by atoms with E-state index in [2.05, 4.69) is 0 Å². The molecule has 137 valence electrons. The van der Waals surface area contributed by atoms with Crippen molar-refractivity contribution in [3.05, 3.63) is 72.9 Å². The van der Waals surface area contributed by atoms with E-state index in [4.69, 9.17) is 0 Å². The zero-order valence-corrected chi connectivity index (χ0v) is 15.3. The smallest absolute Gasteiger partial charge is 0.545 e. The van der Waals surface area contributed by atoms with Crippen LogP contribution >= 0.6 is 0 Å². The molecule has 1 radical (unpaired) electrons. The van der Waals surface area contributed by atoms with Gasteiger partial charge in [0.25, 0.3) is 0 Å². The molecular formula is C18H21FeO6. The molecule has 0 aliphatic rings. The molecule has 0 amide bonds. The summed E-state index contributed by atoms with van der Waals surface area (Å²) in [5, 5.41) is 28.9. The second-order valence-corrected chi connectivity index (χ2v) is 3.61. The molecule has 0 aromatic carbocycles. The number of hydrogen-bond donors (Lipinski definition) is 0. The Morgan fingerprint density at radius 2 is 0.720 bits per heavy atom. The van der Waals surface area contributed by atoms with Gasteiger partial charge in [-0.15, -0.1) is 0 Å². The molecule has 0 saturated heterocycles. The van der Waals surface area contributed by atoms with E-state index in [1.54, 1.807) is 57.2 Å². The Morgan fingerprint density at radius 1 is 0.520 bits per heavy atom. The first-order chi connectivity index (χ1) is 11.3. The van der Waals surface area contributed by atoms with Gasteiger partial charge in [-0.25, -0.2) is 0 Å². The van der Waals surface area contributed by atoms with Gasteiger partial charge < -0.3 is 29.7 Å². The maximum absolute atomic E-state index is 9.64. The molecule has 0 fully saturated rings. The van der Waals surface area contributed by atoms with Crippen LogP contribution in [0.4, 0.5) is 0 Å². The zero-order chi connectivity index (χ0) is 19.2. The fraction of sp³-hybridized carbons (Fsp3) is 0.167. The fourth-order valence-corrected chi connectivity index (χ4v) is 0.736. The Bertz CT molecular complexity index is 450. The first kappa shape index (κ1) is 30.3. The zero-order valence-electron chi connectivity index (χ0n) is 14.2. The summed E-state index contributed by atoms with van der Waals surface area (Å²) in [6.45, 7) is 5.42. The maximum atomic E-state index is 9.64. The van der Waals surface area contributed by atoms with E-state index in [0.717, 1.165) is 18.2 Å². The van der Waals surface area contributed by atoms with E-state index in [0.29, 0.717) is 0 Å². The summed E-state index contributed by atoms with van der Waals surface area (Å²) in [6, 6.07) is 0. The van der Waals surface area contributed by atoms with Crippen molar-refractivity contribution in [2.24, 2.45) is 0 Å². The molecular weight excluding hydrogens is 368 g/mol. The van der Waals surface area contributed by atoms with Crippen LogP contribution in [0.5, 0.6) is 0 Å². The Balaban J connectivity index is -0.000000130. The average molecular weight is 389 g/mol. The summed E-state index contributed by atoms with van der Waals surface area (Å²) in [6.07, 6.45) is 17.2. The van der Waals surface area contributed by atoms with Crippen molar-refractivity contribution in [2.45, 2.75) is 20.8 Å². The van der Waals surface area contributed by atoms with E-state index >= 15 is 0 Å².